The van der Waals surface area contributed by atoms with Gasteiger partial charge in [-0.15, -0.1) is 0 Å². The zero-order chi connectivity index (χ0) is 10.9. The van der Waals surface area contributed by atoms with Gasteiger partial charge < -0.3 is 16.8 Å². The molecule has 1 aliphatic rings. The Labute approximate surface area is 90.8 Å². The molecule has 0 aliphatic heterocycles. The summed E-state index contributed by atoms with van der Waals surface area (Å²) in [6.45, 7) is 2.23. The standard InChI is InChI=1S/C12H19N3/c1-2-12(6-3-7-12)15-9-4-5-10(13)11(14)8-9/h4-5,8,15H,2-3,6-7,13-14H2,1H3. The number of nitrogens with one attached hydrogen (secondary N) is 1. The Morgan fingerprint density at radius 1 is 1.27 bits per heavy atom. The van der Waals surface area contributed by atoms with Crippen molar-refractivity contribution in [2.45, 2.75) is 38.1 Å². The summed E-state index contributed by atoms with van der Waals surface area (Å²) in [5.74, 6) is 0. The number of benzene rings is 1. The molecule has 15 heavy (non-hydrogen) atoms. The molecular formula is C12H19N3. The molecule has 0 radical (unpaired) electrons. The smallest absolute Gasteiger partial charge is 0.0568 e. The van der Waals surface area contributed by atoms with Crippen molar-refractivity contribution in [3.8, 4) is 0 Å². The van der Waals surface area contributed by atoms with Gasteiger partial charge in [0.15, 0.2) is 0 Å². The van der Waals surface area contributed by atoms with Crippen LogP contribution in [-0.2, 0) is 0 Å². The Morgan fingerprint density at radius 3 is 2.47 bits per heavy atom. The summed E-state index contributed by atoms with van der Waals surface area (Å²) in [6.07, 6.45) is 5.00. The molecule has 1 aromatic carbocycles. The van der Waals surface area contributed by atoms with Crippen LogP contribution in [0.15, 0.2) is 18.2 Å². The molecule has 82 valence electrons. The van der Waals surface area contributed by atoms with Crippen molar-refractivity contribution >= 4 is 17.1 Å². The summed E-state index contributed by atoms with van der Waals surface area (Å²) in [4.78, 5) is 0. The molecule has 0 heterocycles. The molecule has 2 rings (SSSR count). The first-order valence-electron chi connectivity index (χ1n) is 5.58. The minimum atomic E-state index is 0.308. The van der Waals surface area contributed by atoms with Crippen molar-refractivity contribution in [3.63, 3.8) is 0 Å². The van der Waals surface area contributed by atoms with Crippen molar-refractivity contribution in [2.75, 3.05) is 16.8 Å². The number of nitrogen functional groups attached to an aromatic ring is 2. The van der Waals surface area contributed by atoms with E-state index in [0.29, 0.717) is 16.9 Å². The first-order valence-corrected chi connectivity index (χ1v) is 5.58. The van der Waals surface area contributed by atoms with Gasteiger partial charge in [0.2, 0.25) is 0 Å². The van der Waals surface area contributed by atoms with Crippen molar-refractivity contribution in [1.82, 2.24) is 0 Å². The number of anilines is 3. The fraction of sp³-hybridized carbons (Fsp3) is 0.500. The van der Waals surface area contributed by atoms with E-state index in [1.54, 1.807) is 0 Å². The number of hydrogen-bond acceptors (Lipinski definition) is 3. The minimum absolute atomic E-state index is 0.308. The van der Waals surface area contributed by atoms with Crippen LogP contribution >= 0.6 is 0 Å². The Balaban J connectivity index is 2.13. The van der Waals surface area contributed by atoms with Crippen molar-refractivity contribution in [2.24, 2.45) is 0 Å². The SMILES string of the molecule is CCC1(Nc2ccc(N)c(N)c2)CCC1. The highest BCUT2D eigenvalue weighted by Gasteiger charge is 2.34. The highest BCUT2D eigenvalue weighted by atomic mass is 15.0. The summed E-state index contributed by atoms with van der Waals surface area (Å²) in [5, 5.41) is 3.57. The maximum Gasteiger partial charge on any atom is 0.0568 e. The quantitative estimate of drug-likeness (QED) is 0.664. The number of hydrogen-bond donors (Lipinski definition) is 3. The normalized spacial score (nSPS) is 18.2. The Morgan fingerprint density at radius 2 is 2.00 bits per heavy atom. The number of nitrogens with two attached hydrogens (primary N) is 2. The topological polar surface area (TPSA) is 64.1 Å². The van der Waals surface area contributed by atoms with Gasteiger partial charge in [0.05, 0.1) is 11.4 Å². The Kier molecular flexibility index (Phi) is 2.47. The fourth-order valence-electron chi connectivity index (χ4n) is 2.13. The van der Waals surface area contributed by atoms with Crippen molar-refractivity contribution in [1.29, 1.82) is 0 Å². The molecule has 0 bridgehead atoms. The maximum absolute atomic E-state index is 5.78. The minimum Gasteiger partial charge on any atom is -0.397 e. The average Bonchev–Trinajstić information content (AvgIpc) is 2.17. The van der Waals surface area contributed by atoms with E-state index in [4.69, 9.17) is 11.5 Å². The van der Waals surface area contributed by atoms with Gasteiger partial charge in [0, 0.05) is 11.2 Å². The molecule has 0 aromatic heterocycles. The van der Waals surface area contributed by atoms with E-state index in [9.17, 15) is 0 Å². The van der Waals surface area contributed by atoms with Gasteiger partial charge in [-0.1, -0.05) is 6.92 Å². The van der Waals surface area contributed by atoms with Crippen molar-refractivity contribution in [3.05, 3.63) is 18.2 Å². The summed E-state index contributed by atoms with van der Waals surface area (Å²) in [7, 11) is 0. The number of rotatable bonds is 3. The van der Waals surface area contributed by atoms with Gasteiger partial charge in [0.1, 0.15) is 0 Å². The van der Waals surface area contributed by atoms with E-state index in [-0.39, 0.29) is 0 Å². The lowest BCUT2D eigenvalue weighted by Gasteiger charge is -2.43. The Bertz CT molecular complexity index is 350. The van der Waals surface area contributed by atoms with E-state index in [2.05, 4.69) is 12.2 Å². The molecule has 1 aromatic rings. The summed E-state index contributed by atoms with van der Waals surface area (Å²) >= 11 is 0. The second-order valence-corrected chi connectivity index (χ2v) is 4.46. The van der Waals surface area contributed by atoms with Crippen LogP contribution in [0.25, 0.3) is 0 Å². The predicted octanol–water partition coefficient (Wildman–Crippen LogP) is 2.60. The van der Waals surface area contributed by atoms with Gasteiger partial charge in [-0.3, -0.25) is 0 Å². The predicted molar refractivity (Wildman–Crippen MR) is 65.8 cm³/mol. The first-order chi connectivity index (χ1) is 7.15. The largest absolute Gasteiger partial charge is 0.397 e. The molecule has 0 amide bonds. The van der Waals surface area contributed by atoms with E-state index in [1.807, 2.05) is 18.2 Å². The highest BCUT2D eigenvalue weighted by Crippen LogP contribution is 2.38. The van der Waals surface area contributed by atoms with Gasteiger partial charge in [-0.2, -0.15) is 0 Å². The molecule has 1 fully saturated rings. The van der Waals surface area contributed by atoms with Crippen LogP contribution in [0.2, 0.25) is 0 Å². The summed E-state index contributed by atoms with van der Waals surface area (Å²) in [5.41, 5.74) is 14.2. The second kappa shape index (κ2) is 3.65. The van der Waals surface area contributed by atoms with Crippen LogP contribution in [0.5, 0.6) is 0 Å². The lowest BCUT2D eigenvalue weighted by molar-refractivity contribution is 0.269. The van der Waals surface area contributed by atoms with Crippen LogP contribution in [-0.4, -0.2) is 5.54 Å². The first kappa shape index (κ1) is 10.1. The zero-order valence-electron chi connectivity index (χ0n) is 9.22. The van der Waals surface area contributed by atoms with Crippen molar-refractivity contribution < 1.29 is 0 Å². The van der Waals surface area contributed by atoms with E-state index < -0.39 is 0 Å². The molecule has 0 atom stereocenters. The third kappa shape index (κ3) is 1.87. The van der Waals surface area contributed by atoms with Gasteiger partial charge in [-0.25, -0.2) is 0 Å². The van der Waals surface area contributed by atoms with Crippen LogP contribution in [0, 0.1) is 0 Å². The van der Waals surface area contributed by atoms with Crippen LogP contribution in [0.3, 0.4) is 0 Å². The average molecular weight is 205 g/mol. The van der Waals surface area contributed by atoms with Gasteiger partial charge >= 0.3 is 0 Å². The second-order valence-electron chi connectivity index (χ2n) is 4.46. The third-order valence-corrected chi connectivity index (χ3v) is 3.48. The highest BCUT2D eigenvalue weighted by molar-refractivity contribution is 5.69. The molecule has 1 aliphatic carbocycles. The lowest BCUT2D eigenvalue weighted by Crippen LogP contribution is -2.44. The molecule has 3 heteroatoms. The molecule has 5 N–H and O–H groups in total. The van der Waals surface area contributed by atoms with E-state index in [0.717, 1.165) is 12.1 Å². The monoisotopic (exact) mass is 205 g/mol. The van der Waals surface area contributed by atoms with E-state index in [1.165, 1.54) is 19.3 Å². The van der Waals surface area contributed by atoms with Gasteiger partial charge in [0.25, 0.3) is 0 Å². The summed E-state index contributed by atoms with van der Waals surface area (Å²) < 4.78 is 0. The third-order valence-electron chi connectivity index (χ3n) is 3.48. The fourth-order valence-corrected chi connectivity index (χ4v) is 2.13. The molecular weight excluding hydrogens is 186 g/mol. The maximum atomic E-state index is 5.78. The molecule has 0 saturated heterocycles. The Hall–Kier alpha value is -1.38. The van der Waals surface area contributed by atoms with Crippen LogP contribution in [0.1, 0.15) is 32.6 Å². The van der Waals surface area contributed by atoms with Gasteiger partial charge in [-0.05, 0) is 43.9 Å². The van der Waals surface area contributed by atoms with Crippen LogP contribution in [0.4, 0.5) is 17.1 Å². The molecule has 0 unspecified atom stereocenters. The van der Waals surface area contributed by atoms with Crippen LogP contribution < -0.4 is 16.8 Å². The molecule has 3 nitrogen and oxygen atoms in total. The molecule has 1 saturated carbocycles. The zero-order valence-corrected chi connectivity index (χ0v) is 9.22. The lowest BCUT2D eigenvalue weighted by atomic mass is 9.74. The van der Waals surface area contributed by atoms with E-state index >= 15 is 0 Å². The molecule has 0 spiro atoms. The summed E-state index contributed by atoms with van der Waals surface area (Å²) in [6, 6.07) is 5.78.